The van der Waals surface area contributed by atoms with Crippen LogP contribution in [0, 0.1) is 0 Å². The summed E-state index contributed by atoms with van der Waals surface area (Å²) in [5.74, 6) is 1.33. The maximum absolute atomic E-state index is 12.5. The Morgan fingerprint density at radius 2 is 1.56 bits per heavy atom. The number of nitrogens with one attached hydrogen (secondary N) is 1. The minimum atomic E-state index is -0.0202. The van der Waals surface area contributed by atoms with Gasteiger partial charge in [-0.15, -0.1) is 0 Å². The largest absolute Gasteiger partial charge is 0.493 e. The number of methoxy groups -OCH3 is 2. The van der Waals surface area contributed by atoms with E-state index < -0.39 is 0 Å². The number of hydrogen-bond donors (Lipinski definition) is 1. The van der Waals surface area contributed by atoms with Crippen molar-refractivity contribution in [2.24, 2.45) is 0 Å². The summed E-state index contributed by atoms with van der Waals surface area (Å²) in [7, 11) is 3.21. The first-order chi connectivity index (χ1) is 13.2. The molecule has 0 saturated carbocycles. The van der Waals surface area contributed by atoms with Gasteiger partial charge >= 0.3 is 0 Å². The van der Waals surface area contributed by atoms with E-state index in [-0.39, 0.29) is 5.91 Å². The third-order valence-corrected chi connectivity index (χ3v) is 4.37. The first-order valence-corrected chi connectivity index (χ1v) is 8.86. The molecule has 0 radical (unpaired) electrons. The molecule has 0 heterocycles. The van der Waals surface area contributed by atoms with Crippen molar-refractivity contribution in [3.05, 3.63) is 78.4 Å². The quantitative estimate of drug-likeness (QED) is 0.648. The molecule has 0 aliphatic heterocycles. The number of rotatable bonds is 7. The number of aryl methyl sites for hydroxylation is 1. The molecule has 0 fully saturated rings. The van der Waals surface area contributed by atoms with E-state index in [1.54, 1.807) is 14.2 Å². The van der Waals surface area contributed by atoms with Crippen molar-refractivity contribution < 1.29 is 14.3 Å². The van der Waals surface area contributed by atoms with Crippen LogP contribution >= 0.6 is 0 Å². The van der Waals surface area contributed by atoms with Crippen molar-refractivity contribution in [2.45, 2.75) is 12.8 Å². The van der Waals surface area contributed by atoms with Gasteiger partial charge < -0.3 is 14.8 Å². The molecule has 0 aliphatic carbocycles. The summed E-state index contributed by atoms with van der Waals surface area (Å²) < 4.78 is 10.6. The second-order valence-electron chi connectivity index (χ2n) is 6.15. The Morgan fingerprint density at radius 1 is 0.852 bits per heavy atom. The van der Waals surface area contributed by atoms with Gasteiger partial charge in [-0.2, -0.15) is 0 Å². The number of carbonyl (C=O) groups is 1. The summed E-state index contributed by atoms with van der Waals surface area (Å²) in [6, 6.07) is 23.6. The fourth-order valence-corrected chi connectivity index (χ4v) is 2.97. The zero-order chi connectivity index (χ0) is 19.1. The Balaban J connectivity index is 1.67. The summed E-state index contributed by atoms with van der Waals surface area (Å²) in [4.78, 5) is 12.5. The zero-order valence-corrected chi connectivity index (χ0v) is 15.6. The maximum atomic E-state index is 12.5. The van der Waals surface area contributed by atoms with Gasteiger partial charge in [-0.05, 0) is 35.7 Å². The van der Waals surface area contributed by atoms with E-state index in [1.165, 1.54) is 0 Å². The van der Waals surface area contributed by atoms with Crippen molar-refractivity contribution >= 4 is 11.6 Å². The average molecular weight is 361 g/mol. The molecule has 0 aliphatic rings. The molecule has 0 saturated heterocycles. The second kappa shape index (κ2) is 8.90. The Bertz CT molecular complexity index is 907. The molecule has 3 aromatic rings. The van der Waals surface area contributed by atoms with Gasteiger partial charge in [0.2, 0.25) is 5.91 Å². The molecular formula is C23H23NO3. The van der Waals surface area contributed by atoms with Gasteiger partial charge in [-0.25, -0.2) is 0 Å². The predicted octanol–water partition coefficient (Wildman–Crippen LogP) is 4.94. The number of para-hydroxylation sites is 1. The molecule has 4 heteroatoms. The lowest BCUT2D eigenvalue weighted by molar-refractivity contribution is -0.116. The summed E-state index contributed by atoms with van der Waals surface area (Å²) in [6.45, 7) is 0. The van der Waals surface area contributed by atoms with Crippen LogP contribution in [0.2, 0.25) is 0 Å². The Kier molecular flexibility index (Phi) is 6.10. The summed E-state index contributed by atoms with van der Waals surface area (Å²) >= 11 is 0. The van der Waals surface area contributed by atoms with E-state index in [0.29, 0.717) is 24.3 Å². The van der Waals surface area contributed by atoms with Crippen LogP contribution in [0.4, 0.5) is 5.69 Å². The molecule has 0 spiro atoms. The molecule has 0 bridgehead atoms. The highest BCUT2D eigenvalue weighted by atomic mass is 16.5. The fraction of sp³-hybridized carbons (Fsp3) is 0.174. The van der Waals surface area contributed by atoms with Gasteiger partial charge in [0.25, 0.3) is 0 Å². The minimum Gasteiger partial charge on any atom is -0.493 e. The van der Waals surface area contributed by atoms with Crippen LogP contribution in [-0.4, -0.2) is 20.1 Å². The Labute approximate surface area is 159 Å². The monoisotopic (exact) mass is 361 g/mol. The van der Waals surface area contributed by atoms with E-state index in [2.05, 4.69) is 5.32 Å². The van der Waals surface area contributed by atoms with Crippen LogP contribution < -0.4 is 14.8 Å². The fourth-order valence-electron chi connectivity index (χ4n) is 2.97. The molecule has 3 rings (SSSR count). The average Bonchev–Trinajstić information content (AvgIpc) is 2.73. The Morgan fingerprint density at radius 3 is 2.30 bits per heavy atom. The van der Waals surface area contributed by atoms with Crippen molar-refractivity contribution in [1.82, 2.24) is 0 Å². The number of ether oxygens (including phenoxy) is 2. The Hall–Kier alpha value is -3.27. The van der Waals surface area contributed by atoms with Crippen molar-refractivity contribution in [3.63, 3.8) is 0 Å². The SMILES string of the molecule is COc1ccc(CCC(=O)Nc2ccccc2-c2ccccc2)cc1OC. The maximum Gasteiger partial charge on any atom is 0.224 e. The van der Waals surface area contributed by atoms with E-state index >= 15 is 0 Å². The molecule has 138 valence electrons. The highest BCUT2D eigenvalue weighted by Gasteiger charge is 2.10. The lowest BCUT2D eigenvalue weighted by Crippen LogP contribution is -2.13. The molecular weight excluding hydrogens is 338 g/mol. The normalized spacial score (nSPS) is 10.3. The molecule has 1 N–H and O–H groups in total. The van der Waals surface area contributed by atoms with Crippen LogP contribution in [0.25, 0.3) is 11.1 Å². The first-order valence-electron chi connectivity index (χ1n) is 8.86. The van der Waals surface area contributed by atoms with E-state index in [9.17, 15) is 4.79 Å². The van der Waals surface area contributed by atoms with Crippen molar-refractivity contribution in [1.29, 1.82) is 0 Å². The summed E-state index contributed by atoms with van der Waals surface area (Å²) in [5.41, 5.74) is 3.94. The molecule has 0 unspecified atom stereocenters. The molecule has 1 amide bonds. The van der Waals surface area contributed by atoms with Gasteiger partial charge in [0, 0.05) is 17.7 Å². The number of hydrogen-bond acceptors (Lipinski definition) is 3. The van der Waals surface area contributed by atoms with Crippen molar-refractivity contribution in [2.75, 3.05) is 19.5 Å². The molecule has 0 atom stereocenters. The molecule has 3 aromatic carbocycles. The summed E-state index contributed by atoms with van der Waals surface area (Å²) in [5, 5.41) is 3.04. The number of benzene rings is 3. The van der Waals surface area contributed by atoms with E-state index in [4.69, 9.17) is 9.47 Å². The van der Waals surface area contributed by atoms with Gasteiger partial charge in [0.15, 0.2) is 11.5 Å². The number of anilines is 1. The third kappa shape index (κ3) is 4.67. The lowest BCUT2D eigenvalue weighted by atomic mass is 10.0. The lowest BCUT2D eigenvalue weighted by Gasteiger charge is -2.12. The van der Waals surface area contributed by atoms with Gasteiger partial charge in [0.05, 0.1) is 14.2 Å². The van der Waals surface area contributed by atoms with Crippen molar-refractivity contribution in [3.8, 4) is 22.6 Å². The smallest absolute Gasteiger partial charge is 0.224 e. The predicted molar refractivity (Wildman–Crippen MR) is 108 cm³/mol. The number of amides is 1. The van der Waals surface area contributed by atoms with Gasteiger partial charge in [-0.1, -0.05) is 54.6 Å². The van der Waals surface area contributed by atoms with E-state index in [0.717, 1.165) is 22.4 Å². The standard InChI is InChI=1S/C23H23NO3/c1-26-21-14-12-17(16-22(21)27-2)13-15-23(25)24-20-11-7-6-10-19(20)18-8-4-3-5-9-18/h3-12,14,16H,13,15H2,1-2H3,(H,24,25). The van der Waals surface area contributed by atoms with Crippen LogP contribution in [0.3, 0.4) is 0 Å². The topological polar surface area (TPSA) is 47.6 Å². The molecule has 4 nitrogen and oxygen atoms in total. The second-order valence-corrected chi connectivity index (χ2v) is 6.15. The number of carbonyl (C=O) groups excluding carboxylic acids is 1. The highest BCUT2D eigenvalue weighted by Crippen LogP contribution is 2.29. The van der Waals surface area contributed by atoms with Crippen LogP contribution in [0.5, 0.6) is 11.5 Å². The third-order valence-electron chi connectivity index (χ3n) is 4.37. The van der Waals surface area contributed by atoms with E-state index in [1.807, 2.05) is 72.8 Å². The molecule has 0 aromatic heterocycles. The highest BCUT2D eigenvalue weighted by molar-refractivity contribution is 5.95. The molecule has 27 heavy (non-hydrogen) atoms. The van der Waals surface area contributed by atoms with Gasteiger partial charge in [-0.3, -0.25) is 4.79 Å². The first kappa shape index (κ1) is 18.5. The van der Waals surface area contributed by atoms with Gasteiger partial charge in [0.1, 0.15) is 0 Å². The van der Waals surface area contributed by atoms with Crippen LogP contribution in [-0.2, 0) is 11.2 Å². The van der Waals surface area contributed by atoms with Crippen LogP contribution in [0.15, 0.2) is 72.8 Å². The zero-order valence-electron chi connectivity index (χ0n) is 15.6. The van der Waals surface area contributed by atoms with Crippen LogP contribution in [0.1, 0.15) is 12.0 Å². The minimum absolute atomic E-state index is 0.0202. The summed E-state index contributed by atoms with van der Waals surface area (Å²) in [6.07, 6.45) is 1.01.